The molecule has 3 aromatic rings. The Bertz CT molecular complexity index is 646. The molecular formula is C7H3ClN4S3. The number of thiophene rings is 1. The lowest BCUT2D eigenvalue weighted by Crippen LogP contribution is -1.86. The molecule has 0 aliphatic rings. The summed E-state index contributed by atoms with van der Waals surface area (Å²) in [7, 11) is 0. The zero-order valence-corrected chi connectivity index (χ0v) is 10.6. The van der Waals surface area contributed by atoms with Gasteiger partial charge in [0.25, 0.3) is 0 Å². The Morgan fingerprint density at radius 3 is 3.00 bits per heavy atom. The summed E-state index contributed by atoms with van der Waals surface area (Å²) in [4.78, 5) is 0. The number of hydrogen-bond acceptors (Lipinski definition) is 7. The molecule has 3 aromatic heterocycles. The van der Waals surface area contributed by atoms with Crippen molar-refractivity contribution in [2.24, 2.45) is 0 Å². The van der Waals surface area contributed by atoms with Gasteiger partial charge in [-0.15, -0.1) is 33.3 Å². The number of fused-ring (bicyclic) bond motifs is 3. The maximum absolute atomic E-state index is 5.96. The standard InChI is InChI=1S/C7H3ClN4S3/c1-13-6-2-3-4(5(8)10-12-9-3)14-7(2)15-11-6/h1H3. The van der Waals surface area contributed by atoms with Crippen molar-refractivity contribution in [1.29, 1.82) is 0 Å². The van der Waals surface area contributed by atoms with Gasteiger partial charge in [0.15, 0.2) is 5.15 Å². The second kappa shape index (κ2) is 3.51. The third kappa shape index (κ3) is 1.34. The lowest BCUT2D eigenvalue weighted by Gasteiger charge is -1.90. The van der Waals surface area contributed by atoms with E-state index in [1.807, 2.05) is 6.26 Å². The highest BCUT2D eigenvalue weighted by molar-refractivity contribution is 7.98. The minimum atomic E-state index is 0.417. The molecule has 0 spiro atoms. The molecule has 0 aromatic carbocycles. The van der Waals surface area contributed by atoms with Crippen LogP contribution in [0.1, 0.15) is 0 Å². The van der Waals surface area contributed by atoms with Crippen molar-refractivity contribution in [2.45, 2.75) is 5.03 Å². The average Bonchev–Trinajstić information content (AvgIpc) is 2.77. The Hall–Kier alpha value is -0.500. The largest absolute Gasteiger partial charge is 0.184 e. The smallest absolute Gasteiger partial charge is 0.172 e. The van der Waals surface area contributed by atoms with Crippen LogP contribution in [0.4, 0.5) is 0 Å². The van der Waals surface area contributed by atoms with Crippen LogP contribution in [0.25, 0.3) is 19.6 Å². The van der Waals surface area contributed by atoms with Crippen molar-refractivity contribution in [3.8, 4) is 0 Å². The molecule has 4 nitrogen and oxygen atoms in total. The zero-order chi connectivity index (χ0) is 10.4. The first-order valence-electron chi connectivity index (χ1n) is 3.92. The second-order valence-corrected chi connectivity index (χ2v) is 5.92. The van der Waals surface area contributed by atoms with E-state index in [9.17, 15) is 0 Å². The van der Waals surface area contributed by atoms with E-state index in [-0.39, 0.29) is 0 Å². The van der Waals surface area contributed by atoms with Crippen LogP contribution in [0, 0.1) is 0 Å². The normalized spacial score (nSPS) is 11.6. The molecule has 0 unspecified atom stereocenters. The third-order valence-electron chi connectivity index (χ3n) is 1.93. The summed E-state index contributed by atoms with van der Waals surface area (Å²) < 4.78 is 6.36. The maximum atomic E-state index is 5.96. The monoisotopic (exact) mass is 274 g/mol. The summed E-state index contributed by atoms with van der Waals surface area (Å²) in [6.45, 7) is 0. The number of hydrogen-bond donors (Lipinski definition) is 0. The van der Waals surface area contributed by atoms with E-state index in [1.54, 1.807) is 23.1 Å². The highest BCUT2D eigenvalue weighted by Crippen LogP contribution is 2.41. The van der Waals surface area contributed by atoms with Crippen LogP contribution in [0.15, 0.2) is 5.03 Å². The summed E-state index contributed by atoms with van der Waals surface area (Å²) in [5.74, 6) is 0. The Kier molecular flexibility index (Phi) is 2.27. The summed E-state index contributed by atoms with van der Waals surface area (Å²) in [5.41, 5.74) is 0.813. The first kappa shape index (κ1) is 9.71. The fourth-order valence-corrected chi connectivity index (χ4v) is 4.39. The van der Waals surface area contributed by atoms with Crippen molar-refractivity contribution in [3.05, 3.63) is 5.15 Å². The van der Waals surface area contributed by atoms with Gasteiger partial charge in [0, 0.05) is 0 Å². The summed E-state index contributed by atoms with van der Waals surface area (Å²) >= 11 is 10.6. The van der Waals surface area contributed by atoms with Crippen LogP contribution >= 0.6 is 46.2 Å². The quantitative estimate of drug-likeness (QED) is 0.638. The van der Waals surface area contributed by atoms with Gasteiger partial charge in [-0.1, -0.05) is 11.6 Å². The minimum absolute atomic E-state index is 0.417. The van der Waals surface area contributed by atoms with Gasteiger partial charge in [-0.25, -0.2) is 0 Å². The molecule has 0 radical (unpaired) electrons. The molecule has 0 saturated heterocycles. The van der Waals surface area contributed by atoms with Gasteiger partial charge in [0.05, 0.1) is 10.1 Å². The molecule has 0 saturated carbocycles. The number of nitrogens with zero attached hydrogens (tertiary/aromatic N) is 4. The van der Waals surface area contributed by atoms with Gasteiger partial charge in [0.2, 0.25) is 0 Å². The predicted octanol–water partition coefficient (Wildman–Crippen LogP) is 3.07. The van der Waals surface area contributed by atoms with Crippen LogP contribution in [-0.4, -0.2) is 26.0 Å². The fraction of sp³-hybridized carbons (Fsp3) is 0.143. The Morgan fingerprint density at radius 2 is 2.20 bits per heavy atom. The van der Waals surface area contributed by atoms with Gasteiger partial charge in [0.1, 0.15) is 14.6 Å². The zero-order valence-electron chi connectivity index (χ0n) is 7.39. The molecule has 76 valence electrons. The lowest BCUT2D eigenvalue weighted by molar-refractivity contribution is 0.899. The number of rotatable bonds is 1. The van der Waals surface area contributed by atoms with Crippen molar-refractivity contribution in [3.63, 3.8) is 0 Å². The van der Waals surface area contributed by atoms with Gasteiger partial charge < -0.3 is 0 Å². The summed E-state index contributed by atoms with van der Waals surface area (Å²) in [5, 5.41) is 13.9. The molecule has 3 rings (SSSR count). The lowest BCUT2D eigenvalue weighted by atomic mass is 10.4. The van der Waals surface area contributed by atoms with Crippen LogP contribution in [0.3, 0.4) is 0 Å². The van der Waals surface area contributed by atoms with Crippen LogP contribution in [0.5, 0.6) is 0 Å². The van der Waals surface area contributed by atoms with Gasteiger partial charge in [-0.2, -0.15) is 4.37 Å². The average molecular weight is 275 g/mol. The summed E-state index contributed by atoms with van der Waals surface area (Å²) in [6, 6.07) is 0. The van der Waals surface area contributed by atoms with Gasteiger partial charge >= 0.3 is 0 Å². The highest BCUT2D eigenvalue weighted by Gasteiger charge is 2.16. The van der Waals surface area contributed by atoms with Gasteiger partial charge in [-0.05, 0) is 23.0 Å². The molecule has 15 heavy (non-hydrogen) atoms. The van der Waals surface area contributed by atoms with Crippen LogP contribution < -0.4 is 0 Å². The third-order valence-corrected chi connectivity index (χ3v) is 5.21. The molecular weight excluding hydrogens is 272 g/mol. The number of thioether (sulfide) groups is 1. The van der Waals surface area contributed by atoms with E-state index >= 15 is 0 Å². The highest BCUT2D eigenvalue weighted by atomic mass is 35.5. The van der Waals surface area contributed by atoms with E-state index < -0.39 is 0 Å². The fourth-order valence-electron chi connectivity index (χ4n) is 1.31. The van der Waals surface area contributed by atoms with Crippen molar-refractivity contribution >= 4 is 65.8 Å². The Morgan fingerprint density at radius 1 is 1.33 bits per heavy atom. The van der Waals surface area contributed by atoms with E-state index in [4.69, 9.17) is 11.6 Å². The molecule has 0 N–H and O–H groups in total. The predicted molar refractivity (Wildman–Crippen MR) is 65.2 cm³/mol. The summed E-state index contributed by atoms with van der Waals surface area (Å²) in [6.07, 6.45) is 1.99. The van der Waals surface area contributed by atoms with Crippen molar-refractivity contribution in [2.75, 3.05) is 6.26 Å². The van der Waals surface area contributed by atoms with E-state index in [0.717, 1.165) is 24.6 Å². The van der Waals surface area contributed by atoms with Crippen LogP contribution in [-0.2, 0) is 0 Å². The molecule has 8 heteroatoms. The SMILES string of the molecule is CSc1nsc2sc3c(Cl)nnnc3c12. The first-order chi connectivity index (χ1) is 7.31. The molecule has 0 amide bonds. The molecule has 0 atom stereocenters. The van der Waals surface area contributed by atoms with Gasteiger partial charge in [-0.3, -0.25) is 0 Å². The topological polar surface area (TPSA) is 51.6 Å². The first-order valence-corrected chi connectivity index (χ1v) is 7.11. The number of aromatic nitrogens is 4. The maximum Gasteiger partial charge on any atom is 0.172 e. The number of halogens is 1. The van der Waals surface area contributed by atoms with E-state index in [0.29, 0.717) is 5.15 Å². The van der Waals surface area contributed by atoms with E-state index in [1.165, 1.54) is 11.5 Å². The Balaban J connectivity index is 2.55. The van der Waals surface area contributed by atoms with Crippen LogP contribution in [0.2, 0.25) is 5.15 Å². The molecule has 0 aliphatic carbocycles. The van der Waals surface area contributed by atoms with Crippen molar-refractivity contribution < 1.29 is 0 Å². The molecule has 3 heterocycles. The van der Waals surface area contributed by atoms with E-state index in [2.05, 4.69) is 19.8 Å². The van der Waals surface area contributed by atoms with Crippen molar-refractivity contribution in [1.82, 2.24) is 19.8 Å². The molecule has 0 bridgehead atoms. The second-order valence-electron chi connectivity index (χ2n) is 2.71. The minimum Gasteiger partial charge on any atom is -0.184 e. The molecule has 0 aliphatic heterocycles. The molecule has 0 fully saturated rings. The Labute approximate surface area is 102 Å².